The van der Waals surface area contributed by atoms with E-state index in [4.69, 9.17) is 14.9 Å². The summed E-state index contributed by atoms with van der Waals surface area (Å²) in [6.07, 6.45) is 6.04. The van der Waals surface area contributed by atoms with E-state index in [-0.39, 0.29) is 23.5 Å². The van der Waals surface area contributed by atoms with E-state index < -0.39 is 72.5 Å². The van der Waals surface area contributed by atoms with Gasteiger partial charge < -0.3 is 25.4 Å². The average Bonchev–Trinajstić information content (AvgIpc) is 3.20. The number of allylic oxidation sites excluding steroid dienone is 1. The third-order valence-corrected chi connectivity index (χ3v) is 10.8. The molecule has 7 atom stereocenters. The number of carbonyl (C=O) groups excluding carboxylic acids is 4. The number of carboxylic acid groups (broad SMARTS) is 2. The molecule has 4 N–H and O–H groups in total. The summed E-state index contributed by atoms with van der Waals surface area (Å²) in [7, 11) is 0. The second-order valence-corrected chi connectivity index (χ2v) is 12.8. The summed E-state index contributed by atoms with van der Waals surface area (Å²) in [5, 5.41) is 31.8. The summed E-state index contributed by atoms with van der Waals surface area (Å²) >= 11 is 0. The van der Waals surface area contributed by atoms with E-state index in [0.29, 0.717) is 37.5 Å². The van der Waals surface area contributed by atoms with E-state index >= 15 is 0 Å². The molecular formula is C30H41NO10. The lowest BCUT2D eigenvalue weighted by Crippen LogP contribution is -2.58. The summed E-state index contributed by atoms with van der Waals surface area (Å²) in [6.45, 7) is 3.64. The van der Waals surface area contributed by atoms with Gasteiger partial charge in [0.15, 0.2) is 12.4 Å². The van der Waals surface area contributed by atoms with Crippen molar-refractivity contribution in [3.63, 3.8) is 0 Å². The molecular weight excluding hydrogens is 534 g/mol. The van der Waals surface area contributed by atoms with Gasteiger partial charge in [-0.3, -0.25) is 24.0 Å². The van der Waals surface area contributed by atoms with Crippen LogP contribution < -0.4 is 5.32 Å². The second-order valence-electron chi connectivity index (χ2n) is 12.8. The van der Waals surface area contributed by atoms with Gasteiger partial charge in [0.25, 0.3) is 0 Å². The number of rotatable bonds is 11. The summed E-state index contributed by atoms with van der Waals surface area (Å²) in [4.78, 5) is 71.7. The van der Waals surface area contributed by atoms with Gasteiger partial charge >= 0.3 is 17.9 Å². The highest BCUT2D eigenvalue weighted by molar-refractivity contribution is 5.92. The van der Waals surface area contributed by atoms with Crippen LogP contribution in [-0.2, 0) is 33.5 Å². The molecule has 4 aliphatic carbocycles. The van der Waals surface area contributed by atoms with Gasteiger partial charge in [-0.15, -0.1) is 0 Å². The Hall–Kier alpha value is -3.08. The number of hydrogen-bond donors (Lipinski definition) is 4. The molecule has 4 aliphatic rings. The molecule has 0 aromatic rings. The molecule has 0 aromatic heterocycles. The number of carbonyl (C=O) groups is 6. The maximum absolute atomic E-state index is 13.3. The van der Waals surface area contributed by atoms with Gasteiger partial charge in [0.05, 0.1) is 6.42 Å². The fourth-order valence-electron chi connectivity index (χ4n) is 8.38. The fourth-order valence-corrected chi connectivity index (χ4v) is 8.38. The van der Waals surface area contributed by atoms with E-state index in [1.165, 1.54) is 5.57 Å². The molecule has 11 heteroatoms. The van der Waals surface area contributed by atoms with Crippen LogP contribution in [0.5, 0.6) is 0 Å². The van der Waals surface area contributed by atoms with E-state index in [1.807, 2.05) is 13.0 Å². The standard InChI is InChI=1S/C30H41NO10/c1-28-12-9-18(32)15-17(28)3-4-19-20(28)10-13-29(2)21(19)11-14-30(29,40)23(33)16-41-26(37)8-6-24(34)31-22(27(38)39)5-7-25(35)36/h15,19-22,40H,3-14,16H2,1-2H3,(H,31,34)(H,35,36)(H,38,39)/t19-,20+,21+,22-,28+,29+,30+/m1/s1. The quantitative estimate of drug-likeness (QED) is 0.267. The van der Waals surface area contributed by atoms with Crippen LogP contribution in [0, 0.1) is 28.6 Å². The molecule has 226 valence electrons. The zero-order chi connectivity index (χ0) is 30.2. The summed E-state index contributed by atoms with van der Waals surface area (Å²) < 4.78 is 5.13. The maximum atomic E-state index is 13.3. The van der Waals surface area contributed by atoms with Crippen LogP contribution >= 0.6 is 0 Å². The fraction of sp³-hybridized carbons (Fsp3) is 0.733. The van der Waals surface area contributed by atoms with Crippen molar-refractivity contribution in [2.75, 3.05) is 6.61 Å². The molecule has 0 unspecified atom stereocenters. The maximum Gasteiger partial charge on any atom is 0.326 e. The molecule has 41 heavy (non-hydrogen) atoms. The lowest BCUT2D eigenvalue weighted by molar-refractivity contribution is -0.170. The third kappa shape index (κ3) is 5.82. The van der Waals surface area contributed by atoms with Gasteiger partial charge in [0.1, 0.15) is 11.6 Å². The summed E-state index contributed by atoms with van der Waals surface area (Å²) in [6, 6.07) is -1.40. The van der Waals surface area contributed by atoms with Gasteiger partial charge in [-0.1, -0.05) is 19.4 Å². The third-order valence-electron chi connectivity index (χ3n) is 10.8. The number of carboxylic acids is 2. The van der Waals surface area contributed by atoms with Gasteiger partial charge in [-0.2, -0.15) is 0 Å². The number of ether oxygens (including phenoxy) is 1. The Morgan fingerprint density at radius 2 is 1.68 bits per heavy atom. The van der Waals surface area contributed by atoms with Gasteiger partial charge in [-0.25, -0.2) is 4.79 Å². The highest BCUT2D eigenvalue weighted by atomic mass is 16.5. The highest BCUT2D eigenvalue weighted by Gasteiger charge is 2.66. The number of esters is 1. The van der Waals surface area contributed by atoms with Crippen LogP contribution in [0.3, 0.4) is 0 Å². The van der Waals surface area contributed by atoms with Crippen molar-refractivity contribution in [2.45, 2.75) is 103 Å². The van der Waals surface area contributed by atoms with Crippen LogP contribution in [0.15, 0.2) is 11.6 Å². The first-order valence-electron chi connectivity index (χ1n) is 14.6. The molecule has 0 spiro atoms. The molecule has 0 radical (unpaired) electrons. The minimum Gasteiger partial charge on any atom is -0.481 e. The molecule has 1 amide bonds. The minimum atomic E-state index is -1.63. The number of amides is 1. The van der Waals surface area contributed by atoms with Crippen molar-refractivity contribution >= 4 is 35.4 Å². The van der Waals surface area contributed by atoms with E-state index in [0.717, 1.165) is 25.7 Å². The summed E-state index contributed by atoms with van der Waals surface area (Å²) in [5.41, 5.74) is -1.05. The van der Waals surface area contributed by atoms with Crippen LogP contribution in [0.1, 0.15) is 90.9 Å². The smallest absolute Gasteiger partial charge is 0.326 e. The van der Waals surface area contributed by atoms with Crippen molar-refractivity contribution in [3.05, 3.63) is 11.6 Å². The Labute approximate surface area is 239 Å². The Morgan fingerprint density at radius 1 is 0.976 bits per heavy atom. The monoisotopic (exact) mass is 575 g/mol. The number of nitrogens with one attached hydrogen (secondary N) is 1. The molecule has 0 saturated heterocycles. The number of aliphatic hydroxyl groups is 1. The van der Waals surface area contributed by atoms with Crippen molar-refractivity contribution < 1.29 is 48.8 Å². The van der Waals surface area contributed by atoms with Crippen LogP contribution in [0.25, 0.3) is 0 Å². The summed E-state index contributed by atoms with van der Waals surface area (Å²) in [5.74, 6) is -3.62. The SMILES string of the molecule is C[C@]12CCC(=O)C=C1CC[C@@H]1[C@@H]2CC[C@@]2(C)[C@H]1CC[C@]2(O)C(=O)COC(=O)CCC(=O)N[C@H](CCC(=O)O)C(=O)O. The number of ketones is 2. The Morgan fingerprint density at radius 3 is 2.37 bits per heavy atom. The highest BCUT2D eigenvalue weighted by Crippen LogP contribution is 2.67. The Bertz CT molecular complexity index is 1160. The van der Waals surface area contributed by atoms with E-state index in [9.17, 15) is 33.9 Å². The lowest BCUT2D eigenvalue weighted by atomic mass is 9.46. The number of fused-ring (bicyclic) bond motifs is 5. The first kappa shape index (κ1) is 30.9. The molecule has 3 fully saturated rings. The number of Topliss-reactive ketones (excluding diaryl/α,β-unsaturated/α-hetero) is 1. The molecule has 0 aliphatic heterocycles. The van der Waals surface area contributed by atoms with Crippen LogP contribution in [0.2, 0.25) is 0 Å². The zero-order valence-corrected chi connectivity index (χ0v) is 23.8. The second kappa shape index (κ2) is 11.7. The van der Waals surface area contributed by atoms with Crippen molar-refractivity contribution in [1.82, 2.24) is 5.32 Å². The number of hydrogen-bond acceptors (Lipinski definition) is 8. The van der Waals surface area contributed by atoms with E-state index in [2.05, 4.69) is 12.2 Å². The van der Waals surface area contributed by atoms with Gasteiger partial charge in [-0.05, 0) is 80.6 Å². The largest absolute Gasteiger partial charge is 0.481 e. The Balaban J connectivity index is 1.31. The Kier molecular flexibility index (Phi) is 8.78. The first-order valence-corrected chi connectivity index (χ1v) is 14.6. The van der Waals surface area contributed by atoms with Crippen molar-refractivity contribution in [1.29, 1.82) is 0 Å². The topological polar surface area (TPSA) is 184 Å². The van der Waals surface area contributed by atoms with Crippen LogP contribution in [0.4, 0.5) is 0 Å². The molecule has 11 nitrogen and oxygen atoms in total. The molecule has 0 heterocycles. The van der Waals surface area contributed by atoms with Crippen molar-refractivity contribution in [2.24, 2.45) is 28.6 Å². The predicted octanol–water partition coefficient (Wildman–Crippen LogP) is 2.58. The minimum absolute atomic E-state index is 0.0224. The van der Waals surface area contributed by atoms with Gasteiger partial charge in [0.2, 0.25) is 11.7 Å². The van der Waals surface area contributed by atoms with Crippen LogP contribution in [-0.4, -0.2) is 69.0 Å². The zero-order valence-electron chi connectivity index (χ0n) is 23.8. The molecule has 3 saturated carbocycles. The molecule has 0 bridgehead atoms. The average molecular weight is 576 g/mol. The van der Waals surface area contributed by atoms with E-state index in [1.54, 1.807) is 0 Å². The molecule has 4 rings (SSSR count). The predicted molar refractivity (Wildman–Crippen MR) is 143 cm³/mol. The number of aliphatic carboxylic acids is 2. The van der Waals surface area contributed by atoms with Crippen molar-refractivity contribution in [3.8, 4) is 0 Å². The normalized spacial score (nSPS) is 34.8. The molecule has 0 aromatic carbocycles. The lowest BCUT2D eigenvalue weighted by Gasteiger charge is -2.58. The van der Waals surface area contributed by atoms with Gasteiger partial charge in [0, 0.05) is 24.7 Å². The first-order chi connectivity index (χ1) is 19.2.